The minimum Gasteiger partial charge on any atom is -0.309 e. The minimum atomic E-state index is 0.550. The lowest BCUT2D eigenvalue weighted by Crippen LogP contribution is -2.06. The molecule has 0 radical (unpaired) electrons. The highest BCUT2D eigenvalue weighted by molar-refractivity contribution is 6.26. The number of fused-ring (bicyclic) bond motifs is 7. The van der Waals surface area contributed by atoms with Gasteiger partial charge in [-0.05, 0) is 59.7 Å². The number of hydrogen-bond acceptors (Lipinski definition) is 6. The molecule has 4 aromatic heterocycles. The molecule has 0 bridgehead atoms. The number of hydrogen-bond donors (Lipinski definition) is 0. The van der Waals surface area contributed by atoms with E-state index in [4.69, 9.17) is 29.9 Å². The van der Waals surface area contributed by atoms with E-state index in [2.05, 4.69) is 143 Å². The predicted molar refractivity (Wildman–Crippen MR) is 275 cm³/mol. The average molecular weight is 871 g/mol. The first kappa shape index (κ1) is 39.0. The molecule has 0 saturated heterocycles. The topological polar surface area (TPSA) is 87.2 Å². The normalized spacial score (nSPS) is 11.5. The number of aromatic nitrogens is 8. The van der Waals surface area contributed by atoms with Crippen LogP contribution >= 0.6 is 0 Å². The third kappa shape index (κ3) is 6.70. The van der Waals surface area contributed by atoms with Crippen LogP contribution in [-0.2, 0) is 0 Å². The molecule has 68 heavy (non-hydrogen) atoms. The van der Waals surface area contributed by atoms with Crippen LogP contribution in [0.25, 0.3) is 123 Å². The first-order chi connectivity index (χ1) is 33.7. The minimum absolute atomic E-state index is 0.550. The third-order valence-corrected chi connectivity index (χ3v) is 12.6. The maximum atomic E-state index is 5.20. The Morgan fingerprint density at radius 3 is 1.25 bits per heavy atom. The second-order valence-electron chi connectivity index (χ2n) is 16.7. The molecule has 13 rings (SSSR count). The van der Waals surface area contributed by atoms with E-state index in [0.29, 0.717) is 35.1 Å². The highest BCUT2D eigenvalue weighted by Gasteiger charge is 2.23. The van der Waals surface area contributed by atoms with Gasteiger partial charge in [-0.15, -0.1) is 0 Å². The van der Waals surface area contributed by atoms with Gasteiger partial charge >= 0.3 is 0 Å². The standard InChI is InChI=1S/C60H38N8/c1-5-18-39(19-6-1)44-26-17-27-45(38-44)59-62-55(40-20-7-2-8-21-40)61-56(63-59)43-32-34-46(35-33-43)67-50-30-15-13-28-47(50)48-36-37-52-53(54(48)67)49-29-14-16-31-51(49)68(52)60-65-57(41-22-9-3-10-23-41)64-58(66-60)42-24-11-4-12-25-42/h1-38H. The van der Waals surface area contributed by atoms with Gasteiger partial charge in [-0.25, -0.2) is 19.9 Å². The molecule has 0 spiro atoms. The lowest BCUT2D eigenvalue weighted by atomic mass is 10.0. The van der Waals surface area contributed by atoms with Crippen LogP contribution in [0.1, 0.15) is 0 Å². The van der Waals surface area contributed by atoms with Crippen molar-refractivity contribution in [2.45, 2.75) is 0 Å². The molecular formula is C60H38N8. The van der Waals surface area contributed by atoms with Crippen molar-refractivity contribution in [2.24, 2.45) is 0 Å². The molecule has 0 aliphatic rings. The van der Waals surface area contributed by atoms with Crippen LogP contribution in [0.5, 0.6) is 0 Å². The Labute approximate surface area is 391 Å². The van der Waals surface area contributed by atoms with Crippen LogP contribution in [0.15, 0.2) is 231 Å². The van der Waals surface area contributed by atoms with Crippen LogP contribution in [0.4, 0.5) is 0 Å². The van der Waals surface area contributed by atoms with Crippen molar-refractivity contribution in [2.75, 3.05) is 0 Å². The Morgan fingerprint density at radius 2 is 0.676 bits per heavy atom. The first-order valence-electron chi connectivity index (χ1n) is 22.6. The molecule has 0 saturated carbocycles. The highest BCUT2D eigenvalue weighted by atomic mass is 15.2. The molecule has 0 fully saturated rings. The van der Waals surface area contributed by atoms with Gasteiger partial charge in [-0.3, -0.25) is 4.57 Å². The lowest BCUT2D eigenvalue weighted by molar-refractivity contribution is 0.953. The van der Waals surface area contributed by atoms with Crippen LogP contribution < -0.4 is 0 Å². The van der Waals surface area contributed by atoms with E-state index < -0.39 is 0 Å². The molecule has 9 aromatic carbocycles. The Morgan fingerprint density at radius 1 is 0.250 bits per heavy atom. The van der Waals surface area contributed by atoms with E-state index in [1.807, 2.05) is 97.1 Å². The fourth-order valence-corrected chi connectivity index (χ4v) is 9.47. The molecule has 8 heteroatoms. The fourth-order valence-electron chi connectivity index (χ4n) is 9.47. The summed E-state index contributed by atoms with van der Waals surface area (Å²) in [6.45, 7) is 0. The second kappa shape index (κ2) is 16.2. The second-order valence-corrected chi connectivity index (χ2v) is 16.7. The van der Waals surface area contributed by atoms with Gasteiger partial charge in [-0.1, -0.05) is 182 Å². The van der Waals surface area contributed by atoms with Crippen molar-refractivity contribution in [3.63, 3.8) is 0 Å². The van der Waals surface area contributed by atoms with E-state index >= 15 is 0 Å². The zero-order chi connectivity index (χ0) is 45.0. The smallest absolute Gasteiger partial charge is 0.238 e. The Kier molecular flexibility index (Phi) is 9.31. The zero-order valence-electron chi connectivity index (χ0n) is 36.5. The summed E-state index contributed by atoms with van der Waals surface area (Å²) < 4.78 is 4.57. The summed E-state index contributed by atoms with van der Waals surface area (Å²) in [7, 11) is 0. The average Bonchev–Trinajstić information content (AvgIpc) is 3.95. The van der Waals surface area contributed by atoms with Gasteiger partial charge < -0.3 is 4.57 Å². The molecule has 0 aliphatic carbocycles. The van der Waals surface area contributed by atoms with Crippen molar-refractivity contribution in [3.05, 3.63) is 231 Å². The Hall–Kier alpha value is -9.40. The summed E-state index contributed by atoms with van der Waals surface area (Å²) in [5, 5.41) is 4.52. The van der Waals surface area contributed by atoms with Gasteiger partial charge in [-0.2, -0.15) is 9.97 Å². The maximum Gasteiger partial charge on any atom is 0.238 e. The van der Waals surface area contributed by atoms with Crippen molar-refractivity contribution >= 4 is 43.6 Å². The molecular weight excluding hydrogens is 833 g/mol. The predicted octanol–water partition coefficient (Wildman–Crippen LogP) is 14.3. The van der Waals surface area contributed by atoms with E-state index in [-0.39, 0.29) is 0 Å². The monoisotopic (exact) mass is 870 g/mol. The van der Waals surface area contributed by atoms with Crippen molar-refractivity contribution in [3.8, 4) is 79.7 Å². The maximum absolute atomic E-state index is 5.20. The van der Waals surface area contributed by atoms with Crippen molar-refractivity contribution < 1.29 is 0 Å². The van der Waals surface area contributed by atoms with Gasteiger partial charge in [0.15, 0.2) is 29.1 Å². The van der Waals surface area contributed by atoms with Crippen molar-refractivity contribution in [1.29, 1.82) is 0 Å². The van der Waals surface area contributed by atoms with Gasteiger partial charge in [0.2, 0.25) is 5.95 Å². The number of nitrogens with zero attached hydrogens (tertiary/aromatic N) is 8. The number of para-hydroxylation sites is 2. The molecule has 0 aliphatic heterocycles. The summed E-state index contributed by atoms with van der Waals surface area (Å²) in [6, 6.07) is 79.3. The SMILES string of the molecule is c1ccc(-c2cccc(-c3nc(-c4ccccc4)nc(-c4ccc(-n5c6ccccc6c6ccc7c(c8ccccc8n7-c7nc(-c8ccccc8)nc(-c8ccccc8)n7)c65)cc4)n3)c2)cc1. The Bertz CT molecular complexity index is 3940. The van der Waals surface area contributed by atoms with E-state index in [9.17, 15) is 0 Å². The third-order valence-electron chi connectivity index (χ3n) is 12.6. The largest absolute Gasteiger partial charge is 0.309 e. The van der Waals surface area contributed by atoms with E-state index in [1.165, 1.54) is 0 Å². The van der Waals surface area contributed by atoms with Gasteiger partial charge in [0.1, 0.15) is 0 Å². The fraction of sp³-hybridized carbons (Fsp3) is 0. The van der Waals surface area contributed by atoms with Crippen LogP contribution in [0.3, 0.4) is 0 Å². The molecule has 0 N–H and O–H groups in total. The van der Waals surface area contributed by atoms with E-state index in [1.54, 1.807) is 0 Å². The summed E-state index contributed by atoms with van der Waals surface area (Å²) >= 11 is 0. The summed E-state index contributed by atoms with van der Waals surface area (Å²) in [6.07, 6.45) is 0. The van der Waals surface area contributed by atoms with E-state index in [0.717, 1.165) is 88.2 Å². The summed E-state index contributed by atoms with van der Waals surface area (Å²) in [4.78, 5) is 30.7. The highest BCUT2D eigenvalue weighted by Crippen LogP contribution is 2.42. The van der Waals surface area contributed by atoms with Crippen LogP contribution in [0, 0.1) is 0 Å². The lowest BCUT2D eigenvalue weighted by Gasteiger charge is -2.12. The molecule has 318 valence electrons. The molecule has 0 unspecified atom stereocenters. The Balaban J connectivity index is 0.994. The number of benzene rings is 9. The number of rotatable bonds is 8. The molecule has 0 amide bonds. The van der Waals surface area contributed by atoms with Crippen LogP contribution in [0.2, 0.25) is 0 Å². The van der Waals surface area contributed by atoms with Gasteiger partial charge in [0.05, 0.1) is 22.1 Å². The van der Waals surface area contributed by atoms with Gasteiger partial charge in [0.25, 0.3) is 0 Å². The molecule has 13 aromatic rings. The molecule has 0 atom stereocenters. The summed E-state index contributed by atoms with van der Waals surface area (Å²) in [5.74, 6) is 3.59. The quantitative estimate of drug-likeness (QED) is 0.151. The van der Waals surface area contributed by atoms with Gasteiger partial charge in [0, 0.05) is 55.0 Å². The molecule has 8 nitrogen and oxygen atoms in total. The van der Waals surface area contributed by atoms with Crippen LogP contribution in [-0.4, -0.2) is 39.0 Å². The molecule has 4 heterocycles. The summed E-state index contributed by atoms with van der Waals surface area (Å²) in [5.41, 5.74) is 12.0. The zero-order valence-corrected chi connectivity index (χ0v) is 36.5. The first-order valence-corrected chi connectivity index (χ1v) is 22.6. The van der Waals surface area contributed by atoms with Crippen molar-refractivity contribution in [1.82, 2.24) is 39.0 Å².